The smallest absolute Gasteiger partial charge is 0.323 e. The quantitative estimate of drug-likeness (QED) is 0.142. The van der Waals surface area contributed by atoms with Crippen LogP contribution in [0.5, 0.6) is 5.75 Å². The van der Waals surface area contributed by atoms with E-state index in [1.165, 1.54) is 12.0 Å². The summed E-state index contributed by atoms with van der Waals surface area (Å²) in [5, 5.41) is 17.7. The highest BCUT2D eigenvalue weighted by Crippen LogP contribution is 2.28. The first kappa shape index (κ1) is 24.6. The molecule has 0 saturated carbocycles. The third kappa shape index (κ3) is 4.55. The summed E-state index contributed by atoms with van der Waals surface area (Å²) < 4.78 is 5.21. The fourth-order valence-corrected chi connectivity index (χ4v) is 4.32. The average Bonchev–Trinajstić information content (AvgIpc) is 3.35. The number of hydrogen-bond donors (Lipinski definition) is 3. The highest BCUT2D eigenvalue weighted by Gasteiger charge is 2.48. The number of oxime groups is 1. The number of fused-ring (bicyclic) bond motifs is 1. The molecule has 0 aromatic heterocycles. The van der Waals surface area contributed by atoms with Crippen LogP contribution >= 0.6 is 0 Å². The number of amides is 4. The lowest BCUT2D eigenvalue weighted by molar-refractivity contribution is -0.122. The summed E-state index contributed by atoms with van der Waals surface area (Å²) >= 11 is 0. The van der Waals surface area contributed by atoms with E-state index in [0.29, 0.717) is 41.4 Å². The molecule has 4 rings (SSSR count). The average molecular weight is 490 g/mol. The Hall–Kier alpha value is -4.52. The van der Waals surface area contributed by atoms with Crippen LogP contribution < -0.4 is 15.4 Å². The van der Waals surface area contributed by atoms with Crippen molar-refractivity contribution in [2.75, 3.05) is 26.7 Å². The van der Waals surface area contributed by atoms with E-state index >= 15 is 0 Å². The first-order valence-corrected chi connectivity index (χ1v) is 11.5. The van der Waals surface area contributed by atoms with Gasteiger partial charge in [-0.3, -0.25) is 14.9 Å². The number of carbonyl (C=O) groups is 3. The Labute approximate surface area is 208 Å². The zero-order chi connectivity index (χ0) is 25.9. The number of benzene rings is 2. The minimum absolute atomic E-state index is 0.116. The molecule has 10 heteroatoms. The van der Waals surface area contributed by atoms with Crippen LogP contribution in [-0.2, 0) is 11.3 Å². The van der Waals surface area contributed by atoms with Gasteiger partial charge in [0, 0.05) is 36.3 Å². The highest BCUT2D eigenvalue weighted by molar-refractivity contribution is 6.10. The number of carbonyl (C=O) groups excluding carboxylic acids is 3. The fraction of sp³-hybridized carbons (Fsp3) is 0.308. The Morgan fingerprint density at radius 3 is 2.47 bits per heavy atom. The number of nitrogens with one attached hydrogen (secondary N) is 2. The van der Waals surface area contributed by atoms with Gasteiger partial charge >= 0.3 is 6.03 Å². The van der Waals surface area contributed by atoms with Gasteiger partial charge in [0.2, 0.25) is 5.54 Å². The summed E-state index contributed by atoms with van der Waals surface area (Å²) in [6.07, 6.45) is 0. The van der Waals surface area contributed by atoms with Gasteiger partial charge in [0.05, 0.1) is 13.7 Å². The van der Waals surface area contributed by atoms with E-state index in [4.69, 9.17) is 4.74 Å². The van der Waals surface area contributed by atoms with Crippen LogP contribution in [0.25, 0.3) is 0 Å². The van der Waals surface area contributed by atoms with Crippen molar-refractivity contribution in [3.63, 3.8) is 0 Å². The lowest BCUT2D eigenvalue weighted by Gasteiger charge is -2.26. The van der Waals surface area contributed by atoms with E-state index in [1.54, 1.807) is 42.5 Å². The van der Waals surface area contributed by atoms with Gasteiger partial charge in [0.15, 0.2) is 5.84 Å². The summed E-state index contributed by atoms with van der Waals surface area (Å²) in [5.41, 5.74) is 0.997. The molecule has 10 nitrogen and oxygen atoms in total. The molecule has 0 unspecified atom stereocenters. The molecule has 1 saturated heterocycles. The van der Waals surface area contributed by atoms with Crippen molar-refractivity contribution in [1.29, 1.82) is 0 Å². The van der Waals surface area contributed by atoms with E-state index in [-0.39, 0.29) is 19.0 Å². The second kappa shape index (κ2) is 10.00. The standard InChI is InChI=1S/C26H27N5O5/c1-4-30(5-2)22(29-35)18-8-6-17(7-9-18)12-13-26(24(33)27-25(34)28-26)16-31-15-19-10-11-20(36-3)14-21(19)23(31)32/h6-11,14,35H,4-5,15-16H2,1-3H3,(H2,27,28,33,34)/b29-22+/t26-/m1/s1. The van der Waals surface area contributed by atoms with Crippen LogP contribution in [0.2, 0.25) is 0 Å². The number of amidine groups is 1. The Balaban J connectivity index is 1.59. The number of hydrogen-bond acceptors (Lipinski definition) is 6. The molecule has 186 valence electrons. The number of rotatable bonds is 6. The SMILES string of the molecule is CCN(CC)/C(=N/O)c1ccc(C#C[C@]2(CN3Cc4ccc(OC)cc4C3=O)NC(=O)NC2=O)cc1. The highest BCUT2D eigenvalue weighted by atomic mass is 16.5. The van der Waals surface area contributed by atoms with Crippen LogP contribution in [0, 0.1) is 11.8 Å². The molecule has 1 fully saturated rings. The van der Waals surface area contributed by atoms with Crippen molar-refractivity contribution < 1.29 is 24.3 Å². The van der Waals surface area contributed by atoms with Crippen LogP contribution in [-0.4, -0.2) is 71.0 Å². The first-order valence-electron chi connectivity index (χ1n) is 11.5. The number of methoxy groups -OCH3 is 1. The monoisotopic (exact) mass is 489 g/mol. The normalized spacial score (nSPS) is 18.8. The van der Waals surface area contributed by atoms with E-state index in [9.17, 15) is 19.6 Å². The van der Waals surface area contributed by atoms with E-state index in [2.05, 4.69) is 27.6 Å². The summed E-state index contributed by atoms with van der Waals surface area (Å²) in [4.78, 5) is 41.3. The fourth-order valence-electron chi connectivity index (χ4n) is 4.32. The third-order valence-corrected chi connectivity index (χ3v) is 6.29. The molecule has 2 heterocycles. The topological polar surface area (TPSA) is 124 Å². The van der Waals surface area contributed by atoms with Crippen molar-refractivity contribution in [2.45, 2.75) is 25.9 Å². The molecule has 3 N–H and O–H groups in total. The molecule has 2 aromatic carbocycles. The molecule has 36 heavy (non-hydrogen) atoms. The van der Waals surface area contributed by atoms with Crippen molar-refractivity contribution in [3.8, 4) is 17.6 Å². The molecule has 2 aromatic rings. The Morgan fingerprint density at radius 1 is 1.17 bits per heavy atom. The molecular weight excluding hydrogens is 462 g/mol. The summed E-state index contributed by atoms with van der Waals surface area (Å²) in [7, 11) is 1.52. The van der Waals surface area contributed by atoms with Gasteiger partial charge in [-0.1, -0.05) is 23.1 Å². The van der Waals surface area contributed by atoms with Crippen molar-refractivity contribution in [3.05, 3.63) is 64.7 Å². The number of ether oxygens (including phenoxy) is 1. The molecule has 0 spiro atoms. The summed E-state index contributed by atoms with van der Waals surface area (Å²) in [5.74, 6) is 5.96. The van der Waals surface area contributed by atoms with Gasteiger partial charge in [-0.15, -0.1) is 0 Å². The first-order chi connectivity index (χ1) is 17.3. The third-order valence-electron chi connectivity index (χ3n) is 6.29. The molecule has 2 aliphatic heterocycles. The minimum Gasteiger partial charge on any atom is -0.497 e. The lowest BCUT2D eigenvalue weighted by atomic mass is 9.99. The van der Waals surface area contributed by atoms with Gasteiger partial charge in [-0.25, -0.2) is 4.79 Å². The maximum Gasteiger partial charge on any atom is 0.323 e. The van der Waals surface area contributed by atoms with Crippen LogP contribution in [0.3, 0.4) is 0 Å². The molecule has 0 radical (unpaired) electrons. The number of urea groups is 1. The number of imide groups is 1. The maximum atomic E-state index is 13.0. The zero-order valence-corrected chi connectivity index (χ0v) is 20.3. The Bertz CT molecular complexity index is 1290. The maximum absolute atomic E-state index is 13.0. The van der Waals surface area contributed by atoms with Gasteiger partial charge in [-0.05, 0) is 55.8 Å². The van der Waals surface area contributed by atoms with E-state index in [0.717, 1.165) is 5.56 Å². The second-order valence-electron chi connectivity index (χ2n) is 8.42. The predicted molar refractivity (Wildman–Crippen MR) is 132 cm³/mol. The molecule has 4 amide bonds. The van der Waals surface area contributed by atoms with Gasteiger partial charge < -0.3 is 25.1 Å². The zero-order valence-electron chi connectivity index (χ0n) is 20.3. The van der Waals surface area contributed by atoms with Crippen LogP contribution in [0.15, 0.2) is 47.6 Å². The van der Waals surface area contributed by atoms with Gasteiger partial charge in [0.1, 0.15) is 5.75 Å². The van der Waals surface area contributed by atoms with Crippen molar-refractivity contribution in [2.24, 2.45) is 5.16 Å². The molecular formula is C26H27N5O5. The summed E-state index contributed by atoms with van der Waals surface area (Å²) in [6.45, 7) is 5.47. The molecule has 0 bridgehead atoms. The van der Waals surface area contributed by atoms with Crippen molar-refractivity contribution in [1.82, 2.24) is 20.4 Å². The van der Waals surface area contributed by atoms with E-state index in [1.807, 2.05) is 18.7 Å². The Morgan fingerprint density at radius 2 is 1.89 bits per heavy atom. The minimum atomic E-state index is -1.60. The number of nitrogens with zero attached hydrogens (tertiary/aromatic N) is 3. The molecule has 2 aliphatic rings. The van der Waals surface area contributed by atoms with E-state index < -0.39 is 17.5 Å². The van der Waals surface area contributed by atoms with Crippen LogP contribution in [0.4, 0.5) is 4.79 Å². The molecule has 0 aliphatic carbocycles. The largest absolute Gasteiger partial charge is 0.497 e. The van der Waals surface area contributed by atoms with Crippen LogP contribution in [0.1, 0.15) is 40.9 Å². The van der Waals surface area contributed by atoms with Crippen molar-refractivity contribution >= 4 is 23.7 Å². The Kier molecular flexibility index (Phi) is 6.83. The van der Waals surface area contributed by atoms with Gasteiger partial charge in [0.25, 0.3) is 11.8 Å². The molecule has 1 atom stereocenters. The second-order valence-corrected chi connectivity index (χ2v) is 8.42. The summed E-state index contributed by atoms with van der Waals surface area (Å²) in [6, 6.07) is 11.6. The predicted octanol–water partition coefficient (Wildman–Crippen LogP) is 1.76. The van der Waals surface area contributed by atoms with Gasteiger partial charge in [-0.2, -0.15) is 0 Å². The lowest BCUT2D eigenvalue weighted by Crippen LogP contribution is -2.54.